The molecule has 11 heteroatoms. The Hall–Kier alpha value is -1.77. The number of carbonyl (C=O) groups is 2. The lowest BCUT2D eigenvalue weighted by atomic mass is 10.2. The van der Waals surface area contributed by atoms with E-state index >= 15 is 0 Å². The smallest absolute Gasteiger partial charge is 0.350 e. The van der Waals surface area contributed by atoms with Crippen molar-refractivity contribution in [2.24, 2.45) is 5.92 Å². The van der Waals surface area contributed by atoms with E-state index in [1.54, 1.807) is 0 Å². The predicted molar refractivity (Wildman–Crippen MR) is 115 cm³/mol. The number of nitrogens with one attached hydrogen (secondary N) is 2. The summed E-state index contributed by atoms with van der Waals surface area (Å²) < 4.78 is 16.6. The van der Waals surface area contributed by atoms with Crippen LogP contribution in [0.5, 0.6) is 11.5 Å². The lowest BCUT2D eigenvalue weighted by Crippen LogP contribution is -2.25. The molecule has 1 aliphatic rings. The van der Waals surface area contributed by atoms with Gasteiger partial charge in [-0.3, -0.25) is 14.9 Å². The highest BCUT2D eigenvalue weighted by Gasteiger charge is 2.30. The molecule has 2 amide bonds. The van der Waals surface area contributed by atoms with Crippen LogP contribution in [-0.2, 0) is 11.3 Å². The summed E-state index contributed by atoms with van der Waals surface area (Å²) in [5, 5.41) is 15.2. The van der Waals surface area contributed by atoms with E-state index in [0.29, 0.717) is 5.56 Å². The second-order valence-corrected chi connectivity index (χ2v) is 10.9. The Morgan fingerprint density at radius 3 is 2.71 bits per heavy atom. The SMILES string of the molecule is O=C(NCc1ccc(OC(F)(I)I)cc1O)c1ccnc(NC(=O)C2CC2)n1. The van der Waals surface area contributed by atoms with Crippen LogP contribution in [0.2, 0.25) is 0 Å². The number of phenolic OH excluding ortho intramolecular Hbond substituents is 1. The van der Waals surface area contributed by atoms with Crippen LogP contribution in [0.3, 0.4) is 0 Å². The van der Waals surface area contributed by atoms with Crippen LogP contribution in [0.15, 0.2) is 30.5 Å². The summed E-state index contributed by atoms with van der Waals surface area (Å²) in [4.78, 5) is 32.0. The molecule has 0 spiro atoms. The molecule has 1 aromatic heterocycles. The molecule has 148 valence electrons. The van der Waals surface area contributed by atoms with Gasteiger partial charge >= 0.3 is 1.87 Å². The Morgan fingerprint density at radius 1 is 1.32 bits per heavy atom. The van der Waals surface area contributed by atoms with Crippen molar-refractivity contribution in [2.75, 3.05) is 5.32 Å². The van der Waals surface area contributed by atoms with Crippen LogP contribution in [0.4, 0.5) is 10.3 Å². The highest BCUT2D eigenvalue weighted by Crippen LogP contribution is 2.34. The minimum absolute atomic E-state index is 0.00188. The summed E-state index contributed by atoms with van der Waals surface area (Å²) in [6.07, 6.45) is 3.08. The summed E-state index contributed by atoms with van der Waals surface area (Å²) >= 11 is 2.94. The first kappa shape index (κ1) is 21.0. The van der Waals surface area contributed by atoms with Crippen LogP contribution in [-0.4, -0.2) is 28.8 Å². The van der Waals surface area contributed by atoms with Crippen molar-refractivity contribution in [1.82, 2.24) is 15.3 Å². The summed E-state index contributed by atoms with van der Waals surface area (Å²) in [6, 6.07) is 5.69. The topological polar surface area (TPSA) is 113 Å². The number of ether oxygens (including phenoxy) is 1. The number of hydrogen-bond donors (Lipinski definition) is 3. The Labute approximate surface area is 186 Å². The number of anilines is 1. The summed E-state index contributed by atoms with van der Waals surface area (Å²) in [7, 11) is 0. The van der Waals surface area contributed by atoms with E-state index in [2.05, 4.69) is 20.6 Å². The fourth-order valence-corrected chi connectivity index (χ4v) is 2.77. The molecule has 1 fully saturated rings. The zero-order valence-electron chi connectivity index (χ0n) is 14.3. The van der Waals surface area contributed by atoms with Crippen LogP contribution in [0, 0.1) is 5.92 Å². The predicted octanol–water partition coefficient (Wildman–Crippen LogP) is 3.29. The summed E-state index contributed by atoms with van der Waals surface area (Å²) in [5.74, 6) is -0.564. The van der Waals surface area contributed by atoms with Gasteiger partial charge in [0.05, 0.1) is 0 Å². The molecule has 0 saturated heterocycles. The summed E-state index contributed by atoms with van der Waals surface area (Å²) in [5.41, 5.74) is 0.501. The van der Waals surface area contributed by atoms with E-state index in [4.69, 9.17) is 4.74 Å². The number of rotatable bonds is 7. The molecule has 0 unspecified atom stereocenters. The lowest BCUT2D eigenvalue weighted by Gasteiger charge is -2.14. The standard InChI is InChI=1S/C17H15FI2N4O4/c18-17(19,20)28-11-4-3-10(13(25)7-11)8-22-15(27)12-5-6-21-16(23-12)24-14(26)9-1-2-9/h3-7,9,25H,1-2,8H2,(H,22,27)(H,21,23,24,26). The zero-order valence-corrected chi connectivity index (χ0v) is 18.6. The number of alkyl halides is 3. The number of aromatic nitrogens is 2. The third-order valence-corrected chi connectivity index (χ3v) is 4.24. The van der Waals surface area contributed by atoms with E-state index in [1.165, 1.54) is 75.6 Å². The van der Waals surface area contributed by atoms with Crippen molar-refractivity contribution in [1.29, 1.82) is 0 Å². The molecule has 2 aromatic rings. The minimum atomic E-state index is -1.93. The highest BCUT2D eigenvalue weighted by atomic mass is 127. The number of benzene rings is 1. The third-order valence-electron chi connectivity index (χ3n) is 3.80. The Bertz CT molecular complexity index is 903. The van der Waals surface area contributed by atoms with Gasteiger partial charge in [-0.1, -0.05) is 0 Å². The van der Waals surface area contributed by atoms with E-state index < -0.39 is 7.78 Å². The van der Waals surface area contributed by atoms with Gasteiger partial charge < -0.3 is 15.2 Å². The van der Waals surface area contributed by atoms with E-state index in [0.717, 1.165) is 12.8 Å². The second-order valence-electron chi connectivity index (χ2n) is 6.05. The van der Waals surface area contributed by atoms with Gasteiger partial charge in [0, 0.05) is 75.5 Å². The highest BCUT2D eigenvalue weighted by molar-refractivity contribution is 14.2. The molecular weight excluding hydrogens is 597 g/mol. The maximum atomic E-state index is 13.5. The number of phenols is 1. The molecule has 1 aliphatic carbocycles. The number of nitrogens with zero attached hydrogens (tertiary/aromatic N) is 2. The van der Waals surface area contributed by atoms with E-state index in [-0.39, 0.29) is 41.5 Å². The first-order valence-electron chi connectivity index (χ1n) is 8.21. The summed E-state index contributed by atoms with van der Waals surface area (Å²) in [6.45, 7) is 0.0218. The van der Waals surface area contributed by atoms with Gasteiger partial charge in [-0.25, -0.2) is 9.97 Å². The van der Waals surface area contributed by atoms with Crippen LogP contribution in [0.25, 0.3) is 0 Å². The van der Waals surface area contributed by atoms with Crippen LogP contribution >= 0.6 is 45.2 Å². The Kier molecular flexibility index (Phi) is 6.52. The fourth-order valence-electron chi connectivity index (χ4n) is 2.26. The molecule has 0 atom stereocenters. The maximum Gasteiger partial charge on any atom is 0.350 e. The van der Waals surface area contributed by atoms with E-state index in [1.807, 2.05) is 0 Å². The van der Waals surface area contributed by atoms with Gasteiger partial charge in [0.15, 0.2) is 0 Å². The Morgan fingerprint density at radius 2 is 2.07 bits per heavy atom. The monoisotopic (exact) mass is 612 g/mol. The lowest BCUT2D eigenvalue weighted by molar-refractivity contribution is -0.117. The van der Waals surface area contributed by atoms with Crippen molar-refractivity contribution < 1.29 is 23.8 Å². The van der Waals surface area contributed by atoms with E-state index in [9.17, 15) is 19.1 Å². The average molecular weight is 612 g/mol. The molecule has 3 N–H and O–H groups in total. The first-order valence-corrected chi connectivity index (χ1v) is 10.4. The Balaban J connectivity index is 1.60. The molecular formula is C17H15FI2N4O4. The fraction of sp³-hybridized carbons (Fsp3) is 0.294. The molecule has 1 heterocycles. The first-order chi connectivity index (χ1) is 13.2. The van der Waals surface area contributed by atoms with Crippen LogP contribution in [0.1, 0.15) is 28.9 Å². The van der Waals surface area contributed by atoms with Crippen molar-refractivity contribution in [2.45, 2.75) is 21.3 Å². The normalized spacial score (nSPS) is 13.7. The number of hydrogen-bond acceptors (Lipinski definition) is 6. The number of amides is 2. The molecule has 28 heavy (non-hydrogen) atoms. The van der Waals surface area contributed by atoms with Gasteiger partial charge in [0.1, 0.15) is 17.2 Å². The molecule has 8 nitrogen and oxygen atoms in total. The second kappa shape index (κ2) is 8.71. The van der Waals surface area contributed by atoms with Crippen molar-refractivity contribution in [3.05, 3.63) is 41.7 Å². The van der Waals surface area contributed by atoms with Gasteiger partial charge in [-0.2, -0.15) is 4.39 Å². The quantitative estimate of drug-likeness (QED) is 0.327. The van der Waals surface area contributed by atoms with Crippen molar-refractivity contribution >= 4 is 62.9 Å². The number of aromatic hydroxyl groups is 1. The molecule has 1 aromatic carbocycles. The average Bonchev–Trinajstić information content (AvgIpc) is 3.45. The zero-order chi connectivity index (χ0) is 20.3. The molecule has 0 radical (unpaired) electrons. The number of halogens is 3. The minimum Gasteiger partial charge on any atom is -0.507 e. The largest absolute Gasteiger partial charge is 0.507 e. The van der Waals surface area contributed by atoms with Gasteiger partial charge in [-0.15, -0.1) is 0 Å². The third kappa shape index (κ3) is 6.12. The molecule has 0 bridgehead atoms. The molecule has 1 saturated carbocycles. The van der Waals surface area contributed by atoms with Crippen LogP contribution < -0.4 is 15.4 Å². The number of carbonyl (C=O) groups excluding carboxylic acids is 2. The maximum absolute atomic E-state index is 13.5. The van der Waals surface area contributed by atoms with Gasteiger partial charge in [0.25, 0.3) is 5.91 Å². The molecule has 0 aliphatic heterocycles. The molecule has 3 rings (SSSR count). The van der Waals surface area contributed by atoms with Gasteiger partial charge in [-0.05, 0) is 31.0 Å². The van der Waals surface area contributed by atoms with Crippen molar-refractivity contribution in [3.63, 3.8) is 0 Å². The van der Waals surface area contributed by atoms with Crippen molar-refractivity contribution in [3.8, 4) is 11.5 Å². The van der Waals surface area contributed by atoms with Gasteiger partial charge in [0.2, 0.25) is 11.9 Å².